The minimum Gasteiger partial charge on any atom is -0.469 e. The van der Waals surface area contributed by atoms with E-state index in [4.69, 9.17) is 4.42 Å². The third kappa shape index (κ3) is 3.10. The van der Waals surface area contributed by atoms with Crippen molar-refractivity contribution in [1.82, 2.24) is 0 Å². The summed E-state index contributed by atoms with van der Waals surface area (Å²) in [7, 11) is -4.68. The topological polar surface area (TPSA) is 87.7 Å². The largest absolute Gasteiger partial charge is 0.469 e. The molecular weight excluding hydrogens is 411 g/mol. The van der Waals surface area contributed by atoms with Crippen LogP contribution in [0, 0.1) is 6.92 Å². The lowest BCUT2D eigenvalue weighted by atomic mass is 9.84. The van der Waals surface area contributed by atoms with Crippen molar-refractivity contribution in [3.8, 4) is 22.3 Å². The highest BCUT2D eigenvalue weighted by molar-refractivity contribution is 7.60. The van der Waals surface area contributed by atoms with E-state index in [0.717, 1.165) is 22.3 Å². The van der Waals surface area contributed by atoms with Crippen molar-refractivity contribution >= 4 is 12.9 Å². The van der Waals surface area contributed by atoms with E-state index in [9.17, 15) is 19.1 Å². The first-order valence-electron chi connectivity index (χ1n) is 9.84. The fraction of sp³-hybridized carbons (Fsp3) is 0.0800. The molecule has 1 aliphatic carbocycles. The van der Waals surface area contributed by atoms with Crippen LogP contribution in [0.1, 0.15) is 28.4 Å². The monoisotopic (exact) mass is 430 g/mol. The maximum Gasteiger partial charge on any atom is 0.356 e. The van der Waals surface area contributed by atoms with Crippen molar-refractivity contribution in [3.63, 3.8) is 0 Å². The van der Waals surface area contributed by atoms with Gasteiger partial charge in [-0.3, -0.25) is 9.36 Å². The zero-order chi connectivity index (χ0) is 21.8. The van der Waals surface area contributed by atoms with Crippen molar-refractivity contribution in [2.24, 2.45) is 0 Å². The van der Waals surface area contributed by atoms with Gasteiger partial charge in [-0.2, -0.15) is 0 Å². The lowest BCUT2D eigenvalue weighted by Gasteiger charge is -2.22. The van der Waals surface area contributed by atoms with E-state index in [-0.39, 0.29) is 27.8 Å². The molecule has 5 nitrogen and oxygen atoms in total. The van der Waals surface area contributed by atoms with Crippen LogP contribution in [0.4, 0.5) is 0 Å². The van der Waals surface area contributed by atoms with Crippen molar-refractivity contribution in [1.29, 1.82) is 0 Å². The molecule has 0 atom stereocenters. The van der Waals surface area contributed by atoms with Crippen LogP contribution in [-0.2, 0) is 4.57 Å². The van der Waals surface area contributed by atoms with Gasteiger partial charge in [0, 0.05) is 17.5 Å². The van der Waals surface area contributed by atoms with E-state index < -0.39 is 7.60 Å². The summed E-state index contributed by atoms with van der Waals surface area (Å²) in [6.45, 7) is 1.63. The van der Waals surface area contributed by atoms with Crippen molar-refractivity contribution in [2.75, 3.05) is 0 Å². The Hall–Kier alpha value is -3.24. The lowest BCUT2D eigenvalue weighted by Crippen LogP contribution is -2.18. The van der Waals surface area contributed by atoms with Crippen LogP contribution >= 0.6 is 7.60 Å². The van der Waals surface area contributed by atoms with Gasteiger partial charge in [0.1, 0.15) is 5.76 Å². The van der Waals surface area contributed by atoms with Crippen LogP contribution in [0.15, 0.2) is 88.3 Å². The zero-order valence-corrected chi connectivity index (χ0v) is 17.5. The van der Waals surface area contributed by atoms with Crippen LogP contribution in [0.3, 0.4) is 0 Å². The van der Waals surface area contributed by atoms with Crippen LogP contribution in [0.2, 0.25) is 0 Å². The zero-order valence-electron chi connectivity index (χ0n) is 16.6. The molecular formula is C25H19O5P. The smallest absolute Gasteiger partial charge is 0.356 e. The normalized spacial score (nSPS) is 13.1. The van der Waals surface area contributed by atoms with Gasteiger partial charge >= 0.3 is 7.60 Å². The van der Waals surface area contributed by atoms with E-state index in [1.165, 1.54) is 18.4 Å². The Morgan fingerprint density at radius 3 is 1.94 bits per heavy atom. The molecule has 3 aromatic carbocycles. The quantitative estimate of drug-likeness (QED) is 0.409. The van der Waals surface area contributed by atoms with Gasteiger partial charge in [0.05, 0.1) is 17.1 Å². The van der Waals surface area contributed by atoms with Crippen molar-refractivity contribution in [2.45, 2.75) is 12.8 Å². The third-order valence-electron chi connectivity index (χ3n) is 5.85. The van der Waals surface area contributed by atoms with Gasteiger partial charge in [-0.15, -0.1) is 0 Å². The second-order valence-corrected chi connectivity index (χ2v) is 9.18. The summed E-state index contributed by atoms with van der Waals surface area (Å²) >= 11 is 0. The molecule has 4 aromatic rings. The van der Waals surface area contributed by atoms with E-state index in [0.29, 0.717) is 11.3 Å². The average molecular weight is 430 g/mol. The molecule has 0 fully saturated rings. The summed E-state index contributed by atoms with van der Waals surface area (Å²) in [6, 6.07) is 22.1. The lowest BCUT2D eigenvalue weighted by molar-refractivity contribution is 0.387. The standard InChI is InChI=1S/C25H19O5P/c1-15-23(21(26)13-14-30-15)25-20(11-6-12-22(25)31(27,28)29)24-18-9-4-2-7-16(18)17-8-3-5-10-19(17)24/h2-14,24H,1H3,(H2,27,28,29). The average Bonchev–Trinajstić information content (AvgIpc) is 3.07. The van der Waals surface area contributed by atoms with Crippen LogP contribution < -0.4 is 10.7 Å². The first kappa shape index (κ1) is 19.7. The highest BCUT2D eigenvalue weighted by Gasteiger charge is 2.35. The predicted molar refractivity (Wildman–Crippen MR) is 120 cm³/mol. The maximum absolute atomic E-state index is 12.9. The Balaban J connectivity index is 1.91. The third-order valence-corrected chi connectivity index (χ3v) is 6.85. The van der Waals surface area contributed by atoms with Crippen molar-refractivity contribution < 1.29 is 18.8 Å². The van der Waals surface area contributed by atoms with Crippen LogP contribution in [0.25, 0.3) is 22.3 Å². The highest BCUT2D eigenvalue weighted by Crippen LogP contribution is 2.51. The number of rotatable bonds is 3. The van der Waals surface area contributed by atoms with Gasteiger partial charge < -0.3 is 14.2 Å². The maximum atomic E-state index is 12.9. The van der Waals surface area contributed by atoms with Gasteiger partial charge in [0.25, 0.3) is 0 Å². The van der Waals surface area contributed by atoms with E-state index >= 15 is 0 Å². The number of aryl methyl sites for hydroxylation is 1. The molecule has 0 saturated heterocycles. The van der Waals surface area contributed by atoms with Gasteiger partial charge in [-0.05, 0) is 40.8 Å². The van der Waals surface area contributed by atoms with Gasteiger partial charge in [0.2, 0.25) is 0 Å². The first-order valence-corrected chi connectivity index (χ1v) is 11.4. The molecule has 0 bridgehead atoms. The SMILES string of the molecule is Cc1occc(=O)c1-c1c(C2c3ccccc3-c3ccccc32)cccc1P(=O)(O)O. The molecule has 0 spiro atoms. The summed E-state index contributed by atoms with van der Waals surface area (Å²) in [5.74, 6) is 0.0436. The summed E-state index contributed by atoms with van der Waals surface area (Å²) < 4.78 is 17.9. The number of benzene rings is 3. The Bertz CT molecular complexity index is 1380. The number of hydrogen-bond acceptors (Lipinski definition) is 3. The molecule has 6 heteroatoms. The number of fused-ring (bicyclic) bond motifs is 3. The summed E-state index contributed by atoms with van der Waals surface area (Å²) in [6.07, 6.45) is 1.29. The molecule has 154 valence electrons. The summed E-state index contributed by atoms with van der Waals surface area (Å²) in [5.41, 5.74) is 4.97. The first-order chi connectivity index (χ1) is 14.9. The minimum absolute atomic E-state index is 0.173. The van der Waals surface area contributed by atoms with Gasteiger partial charge in [-0.1, -0.05) is 60.7 Å². The fourth-order valence-corrected chi connectivity index (χ4v) is 5.43. The molecule has 0 radical (unpaired) electrons. The van der Waals surface area contributed by atoms with Gasteiger partial charge in [-0.25, -0.2) is 0 Å². The Morgan fingerprint density at radius 1 is 0.774 bits per heavy atom. The second kappa shape index (κ2) is 7.17. The molecule has 0 saturated carbocycles. The summed E-state index contributed by atoms with van der Waals surface area (Å²) in [5, 5.41) is -0.173. The Morgan fingerprint density at radius 2 is 1.35 bits per heavy atom. The summed E-state index contributed by atoms with van der Waals surface area (Å²) in [4.78, 5) is 33.2. The Kier molecular flexibility index (Phi) is 4.56. The van der Waals surface area contributed by atoms with Gasteiger partial charge in [0.15, 0.2) is 5.43 Å². The molecule has 5 rings (SSSR count). The highest BCUT2D eigenvalue weighted by atomic mass is 31.2. The van der Waals surface area contributed by atoms with Crippen LogP contribution in [0.5, 0.6) is 0 Å². The molecule has 2 N–H and O–H groups in total. The molecule has 0 amide bonds. The molecule has 1 aromatic heterocycles. The molecule has 1 heterocycles. The van der Waals surface area contributed by atoms with Crippen molar-refractivity contribution in [3.05, 3.63) is 112 Å². The van der Waals surface area contributed by atoms with E-state index in [1.54, 1.807) is 13.0 Å². The second-order valence-electron chi connectivity index (χ2n) is 7.61. The predicted octanol–water partition coefficient (Wildman–Crippen LogP) is 4.58. The van der Waals surface area contributed by atoms with E-state index in [2.05, 4.69) is 0 Å². The molecule has 0 aliphatic heterocycles. The van der Waals surface area contributed by atoms with Crippen LogP contribution in [-0.4, -0.2) is 9.79 Å². The Labute approximate surface area is 178 Å². The molecule has 1 aliphatic rings. The molecule has 31 heavy (non-hydrogen) atoms. The minimum atomic E-state index is -4.68. The number of hydrogen-bond donors (Lipinski definition) is 2. The fourth-order valence-electron chi connectivity index (χ4n) is 4.62. The van der Waals surface area contributed by atoms with E-state index in [1.807, 2.05) is 54.6 Å². The molecule has 0 unspecified atom stereocenters.